The minimum Gasteiger partial charge on any atom is -0.323 e. The third-order valence-electron chi connectivity index (χ3n) is 3.48. The molecule has 1 fully saturated rings. The molecule has 0 saturated carbocycles. The number of rotatable bonds is 2. The highest BCUT2D eigenvalue weighted by molar-refractivity contribution is 7.00. The summed E-state index contributed by atoms with van der Waals surface area (Å²) in [6.07, 6.45) is 0. The first-order valence-electron chi connectivity index (χ1n) is 6.09. The van der Waals surface area contributed by atoms with E-state index in [2.05, 4.69) is 26.3 Å². The molecule has 0 spiro atoms. The van der Waals surface area contributed by atoms with E-state index in [9.17, 15) is 4.79 Å². The van der Waals surface area contributed by atoms with Crippen molar-refractivity contribution in [1.29, 1.82) is 0 Å². The molecule has 1 amide bonds. The fourth-order valence-electron chi connectivity index (χ4n) is 2.32. The van der Waals surface area contributed by atoms with Gasteiger partial charge in [-0.3, -0.25) is 4.79 Å². The third kappa shape index (κ3) is 2.31. The Kier molecular flexibility index (Phi) is 3.38. The summed E-state index contributed by atoms with van der Waals surface area (Å²) in [6, 6.07) is 3.54. The van der Waals surface area contributed by atoms with Crippen LogP contribution in [0.4, 0.5) is 5.69 Å². The van der Waals surface area contributed by atoms with Crippen molar-refractivity contribution in [3.05, 3.63) is 17.2 Å². The zero-order valence-electron chi connectivity index (χ0n) is 10.3. The molecule has 1 aliphatic heterocycles. The van der Waals surface area contributed by atoms with Crippen LogP contribution < -0.4 is 10.6 Å². The van der Waals surface area contributed by atoms with Crippen LogP contribution in [0.25, 0.3) is 11.0 Å². The molecule has 7 heteroatoms. The van der Waals surface area contributed by atoms with Crippen molar-refractivity contribution in [1.82, 2.24) is 14.1 Å². The first kappa shape index (κ1) is 12.8. The molecule has 1 saturated heterocycles. The van der Waals surface area contributed by atoms with E-state index in [1.54, 1.807) is 12.1 Å². The maximum absolute atomic E-state index is 12.3. The van der Waals surface area contributed by atoms with Gasteiger partial charge in [-0.2, -0.15) is 8.75 Å². The molecule has 2 heterocycles. The highest BCUT2D eigenvalue weighted by atomic mass is 35.5. The van der Waals surface area contributed by atoms with Gasteiger partial charge in [0.25, 0.3) is 0 Å². The first-order valence-corrected chi connectivity index (χ1v) is 7.20. The molecule has 19 heavy (non-hydrogen) atoms. The first-order chi connectivity index (χ1) is 9.16. The van der Waals surface area contributed by atoms with Crippen LogP contribution in [0, 0.1) is 11.8 Å². The van der Waals surface area contributed by atoms with Gasteiger partial charge in [0.05, 0.1) is 28.4 Å². The predicted molar refractivity (Wildman–Crippen MR) is 76.6 cm³/mol. The van der Waals surface area contributed by atoms with E-state index >= 15 is 0 Å². The number of amides is 1. The van der Waals surface area contributed by atoms with Gasteiger partial charge >= 0.3 is 0 Å². The third-order valence-corrected chi connectivity index (χ3v) is 4.34. The molecule has 2 aromatic rings. The monoisotopic (exact) mass is 296 g/mol. The van der Waals surface area contributed by atoms with E-state index in [0.717, 1.165) is 23.8 Å². The number of anilines is 1. The summed E-state index contributed by atoms with van der Waals surface area (Å²) in [5.41, 5.74) is 1.98. The minimum atomic E-state index is -0.0297. The van der Waals surface area contributed by atoms with E-state index in [0.29, 0.717) is 28.7 Å². The largest absolute Gasteiger partial charge is 0.323 e. The Morgan fingerprint density at radius 1 is 1.47 bits per heavy atom. The van der Waals surface area contributed by atoms with Gasteiger partial charge in [-0.1, -0.05) is 18.5 Å². The van der Waals surface area contributed by atoms with Crippen molar-refractivity contribution >= 4 is 46.0 Å². The molecule has 0 aliphatic carbocycles. The summed E-state index contributed by atoms with van der Waals surface area (Å²) in [4.78, 5) is 12.3. The summed E-state index contributed by atoms with van der Waals surface area (Å²) < 4.78 is 8.34. The quantitative estimate of drug-likeness (QED) is 0.891. The summed E-state index contributed by atoms with van der Waals surface area (Å²) in [7, 11) is 0. The van der Waals surface area contributed by atoms with Crippen molar-refractivity contribution < 1.29 is 4.79 Å². The van der Waals surface area contributed by atoms with Crippen molar-refractivity contribution in [2.75, 3.05) is 18.4 Å². The lowest BCUT2D eigenvalue weighted by molar-refractivity contribution is -0.120. The van der Waals surface area contributed by atoms with Crippen molar-refractivity contribution in [2.24, 2.45) is 11.8 Å². The fraction of sp³-hybridized carbons (Fsp3) is 0.417. The smallest absolute Gasteiger partial charge is 0.229 e. The number of fused-ring (bicyclic) bond motifs is 1. The highest BCUT2D eigenvalue weighted by Crippen LogP contribution is 2.31. The SMILES string of the molecule is C[C@@H]1CNC[C@H]1C(=O)Nc1c(Cl)ccc2nsnc12. The topological polar surface area (TPSA) is 66.9 Å². The number of benzene rings is 1. The lowest BCUT2D eigenvalue weighted by Gasteiger charge is -2.15. The molecule has 3 rings (SSSR count). The molecule has 2 atom stereocenters. The van der Waals surface area contributed by atoms with E-state index < -0.39 is 0 Å². The molecule has 0 unspecified atom stereocenters. The fourth-order valence-corrected chi connectivity index (χ4v) is 3.07. The Balaban J connectivity index is 1.90. The zero-order valence-corrected chi connectivity index (χ0v) is 11.9. The van der Waals surface area contributed by atoms with Crippen LogP contribution in [0.5, 0.6) is 0 Å². The molecule has 1 aliphatic rings. The van der Waals surface area contributed by atoms with Crippen molar-refractivity contribution in [3.63, 3.8) is 0 Å². The normalized spacial score (nSPS) is 22.8. The van der Waals surface area contributed by atoms with Crippen LogP contribution >= 0.6 is 23.3 Å². The standard InChI is InChI=1S/C12H13ClN4OS/c1-6-4-14-5-7(6)12(18)15-10-8(13)2-3-9-11(10)17-19-16-9/h2-3,6-7,14H,4-5H2,1H3,(H,15,18)/t6-,7-/m1/s1. The maximum atomic E-state index is 12.3. The van der Waals surface area contributed by atoms with Gasteiger partial charge in [0.15, 0.2) is 0 Å². The highest BCUT2D eigenvalue weighted by Gasteiger charge is 2.30. The Labute approximate surface area is 119 Å². The van der Waals surface area contributed by atoms with Crippen LogP contribution in [0.2, 0.25) is 5.02 Å². The van der Waals surface area contributed by atoms with Gasteiger partial charge in [-0.15, -0.1) is 0 Å². The Morgan fingerprint density at radius 2 is 2.32 bits per heavy atom. The number of carbonyl (C=O) groups excluding carboxylic acids is 1. The Bertz CT molecular complexity index is 629. The van der Waals surface area contributed by atoms with E-state index in [1.807, 2.05) is 0 Å². The van der Waals surface area contributed by atoms with Gasteiger partial charge in [0.1, 0.15) is 11.0 Å². The summed E-state index contributed by atoms with van der Waals surface area (Å²) >= 11 is 7.27. The summed E-state index contributed by atoms with van der Waals surface area (Å²) in [5, 5.41) is 6.61. The van der Waals surface area contributed by atoms with Crippen LogP contribution in [-0.4, -0.2) is 27.7 Å². The molecule has 5 nitrogen and oxygen atoms in total. The van der Waals surface area contributed by atoms with Gasteiger partial charge in [0, 0.05) is 6.54 Å². The average Bonchev–Trinajstić information content (AvgIpc) is 3.01. The van der Waals surface area contributed by atoms with Gasteiger partial charge in [-0.25, -0.2) is 0 Å². The molecule has 1 aromatic carbocycles. The van der Waals surface area contributed by atoms with E-state index in [4.69, 9.17) is 11.6 Å². The molecule has 0 bridgehead atoms. The van der Waals surface area contributed by atoms with Crippen LogP contribution in [0.3, 0.4) is 0 Å². The molecule has 0 radical (unpaired) electrons. The number of halogens is 1. The zero-order chi connectivity index (χ0) is 13.4. The second-order valence-corrected chi connectivity index (χ2v) is 5.72. The number of hydrogen-bond donors (Lipinski definition) is 2. The molecule has 100 valence electrons. The summed E-state index contributed by atoms with van der Waals surface area (Å²) in [6.45, 7) is 3.64. The number of carbonyl (C=O) groups is 1. The molecule has 2 N–H and O–H groups in total. The number of aromatic nitrogens is 2. The lowest BCUT2D eigenvalue weighted by Crippen LogP contribution is -2.28. The summed E-state index contributed by atoms with van der Waals surface area (Å²) in [5.74, 6) is 0.282. The lowest BCUT2D eigenvalue weighted by atomic mass is 9.97. The van der Waals surface area contributed by atoms with E-state index in [-0.39, 0.29) is 11.8 Å². The molecular weight excluding hydrogens is 284 g/mol. The molecular formula is C12H13ClN4OS. The average molecular weight is 297 g/mol. The van der Waals surface area contributed by atoms with Gasteiger partial charge < -0.3 is 10.6 Å². The second kappa shape index (κ2) is 5.03. The van der Waals surface area contributed by atoms with Crippen LogP contribution in [0.1, 0.15) is 6.92 Å². The Hall–Kier alpha value is -1.24. The van der Waals surface area contributed by atoms with Gasteiger partial charge in [-0.05, 0) is 24.6 Å². The van der Waals surface area contributed by atoms with Gasteiger partial charge in [0.2, 0.25) is 5.91 Å². The molecule has 1 aromatic heterocycles. The van der Waals surface area contributed by atoms with Crippen LogP contribution in [0.15, 0.2) is 12.1 Å². The second-order valence-electron chi connectivity index (χ2n) is 4.79. The Morgan fingerprint density at radius 3 is 3.05 bits per heavy atom. The van der Waals surface area contributed by atoms with Crippen LogP contribution in [-0.2, 0) is 4.79 Å². The maximum Gasteiger partial charge on any atom is 0.229 e. The predicted octanol–water partition coefficient (Wildman–Crippen LogP) is 2.14. The number of nitrogens with zero attached hydrogens (tertiary/aromatic N) is 2. The number of nitrogens with one attached hydrogen (secondary N) is 2. The van der Waals surface area contributed by atoms with E-state index in [1.165, 1.54) is 0 Å². The number of hydrogen-bond acceptors (Lipinski definition) is 5. The van der Waals surface area contributed by atoms with Crippen molar-refractivity contribution in [2.45, 2.75) is 6.92 Å². The minimum absolute atomic E-state index is 0.0140. The van der Waals surface area contributed by atoms with Crippen molar-refractivity contribution in [3.8, 4) is 0 Å².